The Morgan fingerprint density at radius 2 is 1.47 bits per heavy atom. The molecular formula is C26H21N3O. The van der Waals surface area contributed by atoms with Crippen molar-refractivity contribution >= 4 is 27.7 Å². The number of H-pyrrole nitrogens is 2. The van der Waals surface area contributed by atoms with Gasteiger partial charge in [0.15, 0.2) is 0 Å². The average Bonchev–Trinajstić information content (AvgIpc) is 3.48. The number of hydrogen-bond acceptors (Lipinski definition) is 1. The Balaban J connectivity index is 1.59. The number of hydrogen-bond donors (Lipinski definition) is 3. The van der Waals surface area contributed by atoms with Crippen molar-refractivity contribution < 1.29 is 4.79 Å². The van der Waals surface area contributed by atoms with Crippen LogP contribution in [-0.4, -0.2) is 22.4 Å². The molecule has 6 rings (SSSR count). The molecule has 0 bridgehead atoms. The number of benzene rings is 3. The zero-order valence-electron chi connectivity index (χ0n) is 16.4. The van der Waals surface area contributed by atoms with Crippen LogP contribution >= 0.6 is 0 Å². The van der Waals surface area contributed by atoms with Crippen molar-refractivity contribution in [3.63, 3.8) is 0 Å². The van der Waals surface area contributed by atoms with E-state index in [0.717, 1.165) is 33.2 Å². The number of aromatic nitrogens is 2. The molecule has 0 aliphatic carbocycles. The maximum Gasteiger partial charge on any atom is 0.228 e. The lowest BCUT2D eigenvalue weighted by molar-refractivity contribution is -0.120. The molecular weight excluding hydrogens is 370 g/mol. The first kappa shape index (κ1) is 17.1. The molecule has 30 heavy (non-hydrogen) atoms. The molecule has 1 fully saturated rings. The predicted octanol–water partition coefficient (Wildman–Crippen LogP) is 5.31. The maximum atomic E-state index is 13.1. The van der Waals surface area contributed by atoms with Crippen molar-refractivity contribution in [2.45, 2.75) is 11.8 Å². The molecule has 0 spiro atoms. The Hall–Kier alpha value is -3.79. The van der Waals surface area contributed by atoms with Crippen LogP contribution in [0.5, 0.6) is 0 Å². The van der Waals surface area contributed by atoms with Gasteiger partial charge < -0.3 is 15.3 Å². The van der Waals surface area contributed by atoms with Crippen LogP contribution in [0.4, 0.5) is 0 Å². The standard InChI is InChI=1S/C26H21N3O/c30-26-24(19-14-27-21-12-6-4-10-17(19)21)20(15-28-26)23-18-11-5-7-13-22(18)29-25(23)16-8-2-1-3-9-16/h1-14,20,24,27,29H,15H2,(H,28,30). The van der Waals surface area contributed by atoms with Gasteiger partial charge >= 0.3 is 0 Å². The van der Waals surface area contributed by atoms with E-state index in [0.29, 0.717) is 6.54 Å². The van der Waals surface area contributed by atoms with E-state index in [1.165, 1.54) is 10.9 Å². The second kappa shape index (κ2) is 6.63. The number of carbonyl (C=O) groups excluding carboxylic acids is 1. The molecule has 3 N–H and O–H groups in total. The molecule has 2 aromatic heterocycles. The summed E-state index contributed by atoms with van der Waals surface area (Å²) in [5, 5.41) is 5.44. The van der Waals surface area contributed by atoms with Crippen molar-refractivity contribution in [2.24, 2.45) is 0 Å². The SMILES string of the molecule is O=C1NCC(c2c(-c3ccccc3)[nH]c3ccccc23)C1c1c[nH]c2ccccc12. The van der Waals surface area contributed by atoms with Gasteiger partial charge in [-0.2, -0.15) is 0 Å². The Labute approximate surface area is 173 Å². The van der Waals surface area contributed by atoms with Gasteiger partial charge in [0.2, 0.25) is 5.91 Å². The Kier molecular flexibility index (Phi) is 3.78. The monoisotopic (exact) mass is 391 g/mol. The Morgan fingerprint density at radius 1 is 0.767 bits per heavy atom. The predicted molar refractivity (Wildman–Crippen MR) is 121 cm³/mol. The lowest BCUT2D eigenvalue weighted by Crippen LogP contribution is -2.17. The fraction of sp³-hybridized carbons (Fsp3) is 0.115. The summed E-state index contributed by atoms with van der Waals surface area (Å²) in [4.78, 5) is 20.0. The minimum absolute atomic E-state index is 0.0445. The first-order valence-electron chi connectivity index (χ1n) is 10.3. The van der Waals surface area contributed by atoms with Gasteiger partial charge in [-0.25, -0.2) is 0 Å². The smallest absolute Gasteiger partial charge is 0.228 e. The number of carbonyl (C=O) groups is 1. The molecule has 4 heteroatoms. The summed E-state index contributed by atoms with van der Waals surface area (Å²) in [5.74, 6) is -0.0973. The van der Waals surface area contributed by atoms with Gasteiger partial charge in [-0.3, -0.25) is 4.79 Å². The molecule has 1 amide bonds. The van der Waals surface area contributed by atoms with E-state index in [1.54, 1.807) is 0 Å². The van der Waals surface area contributed by atoms with Gasteiger partial charge in [-0.15, -0.1) is 0 Å². The third kappa shape index (κ3) is 2.50. The molecule has 4 nitrogen and oxygen atoms in total. The zero-order valence-corrected chi connectivity index (χ0v) is 16.4. The minimum Gasteiger partial charge on any atom is -0.361 e. The number of rotatable bonds is 3. The first-order valence-corrected chi connectivity index (χ1v) is 10.3. The van der Waals surface area contributed by atoms with E-state index in [2.05, 4.69) is 69.9 Å². The lowest BCUT2D eigenvalue weighted by Gasteiger charge is -2.18. The van der Waals surface area contributed by atoms with E-state index < -0.39 is 0 Å². The van der Waals surface area contributed by atoms with Crippen LogP contribution in [-0.2, 0) is 4.79 Å². The molecule has 1 saturated heterocycles. The van der Waals surface area contributed by atoms with Crippen LogP contribution in [0.3, 0.4) is 0 Å². The van der Waals surface area contributed by atoms with Crippen LogP contribution in [0.2, 0.25) is 0 Å². The van der Waals surface area contributed by atoms with Crippen LogP contribution in [0.1, 0.15) is 23.0 Å². The molecule has 1 aliphatic rings. The molecule has 2 atom stereocenters. The molecule has 0 saturated carbocycles. The zero-order chi connectivity index (χ0) is 20.1. The lowest BCUT2D eigenvalue weighted by atomic mass is 9.81. The van der Waals surface area contributed by atoms with Crippen molar-refractivity contribution in [3.05, 3.63) is 96.2 Å². The van der Waals surface area contributed by atoms with Crippen molar-refractivity contribution in [1.29, 1.82) is 0 Å². The first-order chi connectivity index (χ1) is 14.8. The average molecular weight is 391 g/mol. The van der Waals surface area contributed by atoms with E-state index in [1.807, 2.05) is 30.5 Å². The van der Waals surface area contributed by atoms with E-state index >= 15 is 0 Å². The second-order valence-electron chi connectivity index (χ2n) is 7.94. The van der Waals surface area contributed by atoms with E-state index in [9.17, 15) is 4.79 Å². The molecule has 5 aromatic rings. The highest BCUT2D eigenvalue weighted by Crippen LogP contribution is 2.45. The number of para-hydroxylation sites is 2. The summed E-state index contributed by atoms with van der Waals surface area (Å²) in [6, 6.07) is 27.0. The summed E-state index contributed by atoms with van der Waals surface area (Å²) in [6.07, 6.45) is 2.00. The normalized spacial score (nSPS) is 18.9. The fourth-order valence-corrected chi connectivity index (χ4v) is 4.98. The summed E-state index contributed by atoms with van der Waals surface area (Å²) < 4.78 is 0. The molecule has 2 unspecified atom stereocenters. The topological polar surface area (TPSA) is 60.7 Å². The highest BCUT2D eigenvalue weighted by atomic mass is 16.2. The number of nitrogens with one attached hydrogen (secondary N) is 3. The van der Waals surface area contributed by atoms with Crippen LogP contribution in [0, 0.1) is 0 Å². The third-order valence-electron chi connectivity index (χ3n) is 6.32. The van der Waals surface area contributed by atoms with Gasteiger partial charge in [0.05, 0.1) is 11.6 Å². The summed E-state index contributed by atoms with van der Waals surface area (Å²) in [7, 11) is 0. The minimum atomic E-state index is -0.234. The summed E-state index contributed by atoms with van der Waals surface area (Å²) in [5.41, 5.74) is 6.68. The Morgan fingerprint density at radius 3 is 2.30 bits per heavy atom. The summed E-state index contributed by atoms with van der Waals surface area (Å²) >= 11 is 0. The van der Waals surface area contributed by atoms with Gasteiger partial charge in [-0.1, -0.05) is 66.7 Å². The fourth-order valence-electron chi connectivity index (χ4n) is 4.98. The van der Waals surface area contributed by atoms with E-state index in [4.69, 9.17) is 0 Å². The number of amides is 1. The highest BCUT2D eigenvalue weighted by molar-refractivity contribution is 5.98. The van der Waals surface area contributed by atoms with E-state index in [-0.39, 0.29) is 17.7 Å². The van der Waals surface area contributed by atoms with Crippen molar-refractivity contribution in [2.75, 3.05) is 6.54 Å². The third-order valence-corrected chi connectivity index (χ3v) is 6.32. The molecule has 3 aromatic carbocycles. The number of aromatic amines is 2. The molecule has 146 valence electrons. The highest BCUT2D eigenvalue weighted by Gasteiger charge is 2.40. The summed E-state index contributed by atoms with van der Waals surface area (Å²) in [6.45, 7) is 0.630. The number of fused-ring (bicyclic) bond motifs is 2. The van der Waals surface area contributed by atoms with Gasteiger partial charge in [0.1, 0.15) is 0 Å². The molecule has 0 radical (unpaired) electrons. The Bertz CT molecular complexity index is 1380. The van der Waals surface area contributed by atoms with Gasteiger partial charge in [0, 0.05) is 40.5 Å². The maximum absolute atomic E-state index is 13.1. The van der Waals surface area contributed by atoms with Gasteiger partial charge in [0.25, 0.3) is 0 Å². The van der Waals surface area contributed by atoms with Crippen molar-refractivity contribution in [3.8, 4) is 11.3 Å². The molecule has 1 aliphatic heterocycles. The van der Waals surface area contributed by atoms with Crippen LogP contribution in [0.15, 0.2) is 85.1 Å². The molecule has 3 heterocycles. The van der Waals surface area contributed by atoms with Gasteiger partial charge in [-0.05, 0) is 28.8 Å². The van der Waals surface area contributed by atoms with Crippen LogP contribution in [0.25, 0.3) is 33.1 Å². The van der Waals surface area contributed by atoms with Crippen LogP contribution < -0.4 is 5.32 Å². The second-order valence-corrected chi connectivity index (χ2v) is 7.94. The van der Waals surface area contributed by atoms with Crippen molar-refractivity contribution in [1.82, 2.24) is 15.3 Å². The quantitative estimate of drug-likeness (QED) is 0.383. The largest absolute Gasteiger partial charge is 0.361 e.